The lowest BCUT2D eigenvalue weighted by atomic mass is 9.98. The van der Waals surface area contributed by atoms with Gasteiger partial charge in [-0.1, -0.05) is 30.3 Å². The Bertz CT molecular complexity index is 595. The van der Waals surface area contributed by atoms with Crippen molar-refractivity contribution in [3.05, 3.63) is 35.9 Å². The number of carboxylic acids is 1. The molecule has 0 saturated carbocycles. The van der Waals surface area contributed by atoms with Crippen molar-refractivity contribution in [3.8, 4) is 0 Å². The predicted molar refractivity (Wildman–Crippen MR) is 93.2 cm³/mol. The highest BCUT2D eigenvalue weighted by atomic mass is 16.6. The van der Waals surface area contributed by atoms with Crippen molar-refractivity contribution in [2.24, 2.45) is 5.73 Å². The molecule has 7 heteroatoms. The van der Waals surface area contributed by atoms with Crippen molar-refractivity contribution in [2.45, 2.75) is 57.7 Å². The summed E-state index contributed by atoms with van der Waals surface area (Å²) in [5.41, 5.74) is 5.74. The average Bonchev–Trinajstić information content (AvgIpc) is 2.50. The SMILES string of the molecule is CC(C)(C)OC(=O)NC(CCc1ccccc1)C(=O)C[C@H](N)C(=O)O. The molecule has 4 N–H and O–H groups in total. The van der Waals surface area contributed by atoms with Gasteiger partial charge < -0.3 is 20.9 Å². The third kappa shape index (κ3) is 8.30. The number of benzene rings is 1. The third-order valence-electron chi connectivity index (χ3n) is 3.38. The summed E-state index contributed by atoms with van der Waals surface area (Å²) >= 11 is 0. The van der Waals surface area contributed by atoms with Crippen molar-refractivity contribution in [1.29, 1.82) is 0 Å². The fourth-order valence-electron chi connectivity index (χ4n) is 2.17. The molecule has 0 aliphatic rings. The van der Waals surface area contributed by atoms with Gasteiger partial charge in [0.1, 0.15) is 11.6 Å². The molecular formula is C18H26N2O5. The molecule has 7 nitrogen and oxygen atoms in total. The van der Waals surface area contributed by atoms with Gasteiger partial charge in [0.2, 0.25) is 0 Å². The van der Waals surface area contributed by atoms with E-state index in [4.69, 9.17) is 15.6 Å². The Kier molecular flexibility index (Phi) is 7.57. The van der Waals surface area contributed by atoms with Gasteiger partial charge in [0, 0.05) is 6.42 Å². The summed E-state index contributed by atoms with van der Waals surface area (Å²) in [6, 6.07) is 7.32. The second-order valence-electron chi connectivity index (χ2n) is 6.84. The van der Waals surface area contributed by atoms with Gasteiger partial charge in [-0.2, -0.15) is 0 Å². The maximum absolute atomic E-state index is 12.4. The molecule has 0 aliphatic carbocycles. The van der Waals surface area contributed by atoms with Crippen LogP contribution in [0.4, 0.5) is 4.79 Å². The number of aliphatic carboxylic acids is 1. The van der Waals surface area contributed by atoms with Gasteiger partial charge in [0.25, 0.3) is 0 Å². The Labute approximate surface area is 147 Å². The number of carboxylic acid groups (broad SMARTS) is 1. The van der Waals surface area contributed by atoms with Crippen molar-refractivity contribution in [2.75, 3.05) is 0 Å². The van der Waals surface area contributed by atoms with Gasteiger partial charge in [0.15, 0.2) is 5.78 Å². The zero-order valence-electron chi connectivity index (χ0n) is 14.8. The summed E-state index contributed by atoms with van der Waals surface area (Å²) in [6.45, 7) is 5.15. The van der Waals surface area contributed by atoms with Crippen LogP contribution in [0.3, 0.4) is 0 Å². The van der Waals surface area contributed by atoms with E-state index >= 15 is 0 Å². The van der Waals surface area contributed by atoms with E-state index < -0.39 is 35.5 Å². The van der Waals surface area contributed by atoms with E-state index in [1.54, 1.807) is 20.8 Å². The normalized spacial score (nSPS) is 13.6. The largest absolute Gasteiger partial charge is 0.480 e. The fraction of sp³-hybridized carbons (Fsp3) is 0.500. The first-order valence-electron chi connectivity index (χ1n) is 8.13. The molecule has 138 valence electrons. The Morgan fingerprint density at radius 2 is 1.80 bits per heavy atom. The molecular weight excluding hydrogens is 324 g/mol. The van der Waals surface area contributed by atoms with Gasteiger partial charge in [0.05, 0.1) is 6.04 Å². The number of Topliss-reactive ketones (excluding diaryl/α,β-unsaturated/α-hetero) is 1. The number of hydrogen-bond acceptors (Lipinski definition) is 5. The molecule has 1 rings (SSSR count). The summed E-state index contributed by atoms with van der Waals surface area (Å²) in [6.07, 6.45) is -0.197. The van der Waals surface area contributed by atoms with Gasteiger partial charge in [-0.3, -0.25) is 9.59 Å². The van der Waals surface area contributed by atoms with Crippen LogP contribution in [0, 0.1) is 0 Å². The predicted octanol–water partition coefficient (Wildman–Crippen LogP) is 1.88. The highest BCUT2D eigenvalue weighted by Crippen LogP contribution is 2.11. The molecule has 2 atom stereocenters. The van der Waals surface area contributed by atoms with Crippen LogP contribution in [-0.4, -0.2) is 40.6 Å². The number of carbonyl (C=O) groups is 3. The minimum Gasteiger partial charge on any atom is -0.480 e. The van der Waals surface area contributed by atoms with Crippen LogP contribution in [-0.2, 0) is 20.7 Å². The number of hydrogen-bond donors (Lipinski definition) is 3. The van der Waals surface area contributed by atoms with E-state index in [1.807, 2.05) is 30.3 Å². The first-order valence-corrected chi connectivity index (χ1v) is 8.13. The number of nitrogens with one attached hydrogen (secondary N) is 1. The molecule has 1 aromatic carbocycles. The molecule has 1 unspecified atom stereocenters. The Hall–Kier alpha value is -2.41. The van der Waals surface area contributed by atoms with E-state index in [0.29, 0.717) is 12.8 Å². The van der Waals surface area contributed by atoms with E-state index in [0.717, 1.165) is 5.56 Å². The topological polar surface area (TPSA) is 119 Å². The molecule has 1 aromatic rings. The Morgan fingerprint density at radius 1 is 1.20 bits per heavy atom. The standard InChI is InChI=1S/C18H26N2O5/c1-18(2,3)25-17(24)20-14(15(21)11-13(19)16(22)23)10-9-12-7-5-4-6-8-12/h4-8,13-14H,9-11,19H2,1-3H3,(H,20,24)(H,22,23)/t13-,14?/m0/s1. The summed E-state index contributed by atoms with van der Waals surface area (Å²) in [5, 5.41) is 11.4. The molecule has 0 aromatic heterocycles. The second kappa shape index (κ2) is 9.17. The highest BCUT2D eigenvalue weighted by Gasteiger charge is 2.27. The molecule has 25 heavy (non-hydrogen) atoms. The number of amides is 1. The fourth-order valence-corrected chi connectivity index (χ4v) is 2.17. The van der Waals surface area contributed by atoms with Crippen LogP contribution >= 0.6 is 0 Å². The van der Waals surface area contributed by atoms with Crippen LogP contribution in [0.1, 0.15) is 39.2 Å². The highest BCUT2D eigenvalue weighted by molar-refractivity contribution is 5.91. The summed E-state index contributed by atoms with van der Waals surface area (Å²) < 4.78 is 5.17. The van der Waals surface area contributed by atoms with E-state index in [9.17, 15) is 14.4 Å². The quantitative estimate of drug-likeness (QED) is 0.659. The minimum atomic E-state index is -1.30. The first-order chi connectivity index (χ1) is 11.6. The van der Waals surface area contributed by atoms with Gasteiger partial charge in [-0.05, 0) is 39.2 Å². The van der Waals surface area contributed by atoms with Crippen LogP contribution in [0.15, 0.2) is 30.3 Å². The number of carbonyl (C=O) groups excluding carboxylic acids is 2. The van der Waals surface area contributed by atoms with Crippen LogP contribution in [0.25, 0.3) is 0 Å². The van der Waals surface area contributed by atoms with Crippen LogP contribution in [0.5, 0.6) is 0 Å². The van der Waals surface area contributed by atoms with Crippen molar-refractivity contribution in [1.82, 2.24) is 5.32 Å². The van der Waals surface area contributed by atoms with E-state index in [1.165, 1.54) is 0 Å². The van der Waals surface area contributed by atoms with Crippen LogP contribution < -0.4 is 11.1 Å². The van der Waals surface area contributed by atoms with Gasteiger partial charge in [-0.15, -0.1) is 0 Å². The molecule has 1 amide bonds. The third-order valence-corrected chi connectivity index (χ3v) is 3.38. The molecule has 0 bridgehead atoms. The summed E-state index contributed by atoms with van der Waals surface area (Å²) in [5.74, 6) is -1.69. The zero-order chi connectivity index (χ0) is 19.0. The van der Waals surface area contributed by atoms with E-state index in [-0.39, 0.29) is 6.42 Å². The second-order valence-corrected chi connectivity index (χ2v) is 6.84. The van der Waals surface area contributed by atoms with Crippen molar-refractivity contribution >= 4 is 17.8 Å². The lowest BCUT2D eigenvalue weighted by molar-refractivity contribution is -0.140. The lowest BCUT2D eigenvalue weighted by Gasteiger charge is -2.23. The number of ketones is 1. The maximum Gasteiger partial charge on any atom is 0.408 e. The molecule has 0 spiro atoms. The van der Waals surface area contributed by atoms with Crippen molar-refractivity contribution in [3.63, 3.8) is 0 Å². The number of alkyl carbamates (subject to hydrolysis) is 1. The number of nitrogens with two attached hydrogens (primary N) is 1. The monoisotopic (exact) mass is 350 g/mol. The smallest absolute Gasteiger partial charge is 0.408 e. The minimum absolute atomic E-state index is 0.328. The van der Waals surface area contributed by atoms with Gasteiger partial charge >= 0.3 is 12.1 Å². The molecule has 0 saturated heterocycles. The molecule has 0 heterocycles. The number of aryl methyl sites for hydroxylation is 1. The summed E-state index contributed by atoms with van der Waals surface area (Å²) in [4.78, 5) is 35.2. The number of ether oxygens (including phenoxy) is 1. The lowest BCUT2D eigenvalue weighted by Crippen LogP contribution is -2.46. The van der Waals surface area contributed by atoms with Crippen LogP contribution in [0.2, 0.25) is 0 Å². The van der Waals surface area contributed by atoms with E-state index in [2.05, 4.69) is 5.32 Å². The van der Waals surface area contributed by atoms with Gasteiger partial charge in [-0.25, -0.2) is 4.79 Å². The molecule has 0 radical (unpaired) electrons. The summed E-state index contributed by atoms with van der Waals surface area (Å²) in [7, 11) is 0. The maximum atomic E-state index is 12.4. The Morgan fingerprint density at radius 3 is 2.32 bits per heavy atom. The zero-order valence-corrected chi connectivity index (χ0v) is 14.8. The first kappa shape index (κ1) is 20.6. The Balaban J connectivity index is 2.76. The molecule has 0 fully saturated rings. The molecule has 0 aliphatic heterocycles. The number of rotatable bonds is 8. The average molecular weight is 350 g/mol. The van der Waals surface area contributed by atoms with Crippen molar-refractivity contribution < 1.29 is 24.2 Å².